The summed E-state index contributed by atoms with van der Waals surface area (Å²) in [6.45, 7) is 3.76. The lowest BCUT2D eigenvalue weighted by Crippen LogP contribution is -2.15. The molecule has 1 aromatic heterocycles. The van der Waals surface area contributed by atoms with Gasteiger partial charge in [-0.1, -0.05) is 18.6 Å². The summed E-state index contributed by atoms with van der Waals surface area (Å²) in [5, 5.41) is 0.390. The maximum atomic E-state index is 13.0. The number of aryl methyl sites for hydroxylation is 1. The van der Waals surface area contributed by atoms with Gasteiger partial charge in [-0.3, -0.25) is 9.59 Å². The van der Waals surface area contributed by atoms with E-state index in [1.165, 1.54) is 0 Å². The van der Waals surface area contributed by atoms with Crippen molar-refractivity contribution in [3.63, 3.8) is 0 Å². The van der Waals surface area contributed by atoms with Gasteiger partial charge >= 0.3 is 5.97 Å². The van der Waals surface area contributed by atoms with Crippen LogP contribution in [-0.2, 0) is 4.79 Å². The van der Waals surface area contributed by atoms with Crippen LogP contribution in [-0.4, -0.2) is 13.1 Å². The summed E-state index contributed by atoms with van der Waals surface area (Å²) in [5.41, 5.74) is 1.64. The molecule has 0 aliphatic carbocycles. The second kappa shape index (κ2) is 7.44. The summed E-state index contributed by atoms with van der Waals surface area (Å²) < 4.78 is 16.5. The number of carbonyl (C=O) groups is 1. The summed E-state index contributed by atoms with van der Waals surface area (Å²) >= 11 is 0. The third-order valence-corrected chi connectivity index (χ3v) is 4.03. The fourth-order valence-corrected chi connectivity index (χ4v) is 2.69. The van der Waals surface area contributed by atoms with Crippen molar-refractivity contribution in [2.24, 2.45) is 0 Å². The lowest BCUT2D eigenvalue weighted by atomic mass is 10.1. The van der Waals surface area contributed by atoms with Gasteiger partial charge in [0.2, 0.25) is 11.2 Å². The lowest BCUT2D eigenvalue weighted by molar-refractivity contribution is -0.134. The Kier molecular flexibility index (Phi) is 5.07. The Bertz CT molecular complexity index is 999. The number of esters is 1. The third kappa shape index (κ3) is 3.47. The topological polar surface area (TPSA) is 65.7 Å². The van der Waals surface area contributed by atoms with Gasteiger partial charge in [0.05, 0.1) is 12.5 Å². The summed E-state index contributed by atoms with van der Waals surface area (Å²) in [7, 11) is 1.57. The van der Waals surface area contributed by atoms with E-state index >= 15 is 0 Å². The molecular formula is C21H20O5. The second-order valence-electron chi connectivity index (χ2n) is 6.04. The Labute approximate surface area is 151 Å². The van der Waals surface area contributed by atoms with Gasteiger partial charge in [-0.15, -0.1) is 0 Å². The van der Waals surface area contributed by atoms with E-state index in [0.29, 0.717) is 28.7 Å². The zero-order valence-corrected chi connectivity index (χ0v) is 15.0. The van der Waals surface area contributed by atoms with Gasteiger partial charge in [0.25, 0.3) is 0 Å². The van der Waals surface area contributed by atoms with Gasteiger partial charge in [-0.25, -0.2) is 0 Å². The molecule has 0 atom stereocenters. The van der Waals surface area contributed by atoms with Crippen molar-refractivity contribution in [3.8, 4) is 22.8 Å². The zero-order valence-electron chi connectivity index (χ0n) is 15.0. The number of ether oxygens (including phenoxy) is 2. The number of rotatable bonds is 5. The Morgan fingerprint density at radius 2 is 1.85 bits per heavy atom. The molecule has 3 rings (SSSR count). The van der Waals surface area contributed by atoms with Gasteiger partial charge < -0.3 is 13.9 Å². The average molecular weight is 352 g/mol. The van der Waals surface area contributed by atoms with Crippen LogP contribution in [0.2, 0.25) is 0 Å². The summed E-state index contributed by atoms with van der Waals surface area (Å²) in [6, 6.07) is 12.4. The smallest absolute Gasteiger partial charge is 0.311 e. The largest absolute Gasteiger partial charge is 0.497 e. The number of fused-ring (bicyclic) bond motifs is 1. The first-order valence-electron chi connectivity index (χ1n) is 8.46. The monoisotopic (exact) mass is 352 g/mol. The normalized spacial score (nSPS) is 10.7. The molecule has 0 unspecified atom stereocenters. The van der Waals surface area contributed by atoms with Crippen LogP contribution in [0, 0.1) is 6.92 Å². The fraction of sp³-hybridized carbons (Fsp3) is 0.238. The minimum Gasteiger partial charge on any atom is -0.497 e. The Morgan fingerprint density at radius 3 is 2.50 bits per heavy atom. The molecule has 1 heterocycles. The maximum absolute atomic E-state index is 13.0. The molecule has 2 aromatic carbocycles. The second-order valence-corrected chi connectivity index (χ2v) is 6.04. The molecule has 0 aliphatic rings. The minimum absolute atomic E-state index is 0.0771. The van der Waals surface area contributed by atoms with Crippen LogP contribution >= 0.6 is 0 Å². The highest BCUT2D eigenvalue weighted by Gasteiger charge is 2.20. The standard InChI is InChI=1S/C21H20O5/c1-4-5-18(22)26-21-19(23)16-12-13(2)6-11-17(16)25-20(21)14-7-9-15(24-3)10-8-14/h6-12H,4-5H2,1-3H3. The first-order valence-corrected chi connectivity index (χ1v) is 8.46. The van der Waals surface area contributed by atoms with Crippen molar-refractivity contribution >= 4 is 16.9 Å². The van der Waals surface area contributed by atoms with E-state index in [2.05, 4.69) is 0 Å². The van der Waals surface area contributed by atoms with Crippen molar-refractivity contribution in [1.29, 1.82) is 0 Å². The SMILES string of the molecule is CCCC(=O)Oc1c(-c2ccc(OC)cc2)oc2ccc(C)cc2c1=O. The number of methoxy groups -OCH3 is 1. The van der Waals surface area contributed by atoms with Crippen molar-refractivity contribution in [3.05, 3.63) is 58.3 Å². The Morgan fingerprint density at radius 1 is 1.12 bits per heavy atom. The summed E-state index contributed by atoms with van der Waals surface area (Å²) in [5.74, 6) is 0.378. The Hall–Kier alpha value is -3.08. The van der Waals surface area contributed by atoms with Crippen LogP contribution in [0.1, 0.15) is 25.3 Å². The molecule has 3 aromatic rings. The van der Waals surface area contributed by atoms with Crippen molar-refractivity contribution in [2.45, 2.75) is 26.7 Å². The molecular weight excluding hydrogens is 332 g/mol. The lowest BCUT2D eigenvalue weighted by Gasteiger charge is -2.11. The van der Waals surface area contributed by atoms with Crippen LogP contribution in [0.15, 0.2) is 51.7 Å². The molecule has 0 saturated carbocycles. The molecule has 0 radical (unpaired) electrons. The maximum Gasteiger partial charge on any atom is 0.311 e. The van der Waals surface area contributed by atoms with Crippen LogP contribution in [0.4, 0.5) is 0 Å². The molecule has 0 bridgehead atoms. The van der Waals surface area contributed by atoms with Gasteiger partial charge in [0.1, 0.15) is 11.3 Å². The first kappa shape index (κ1) is 17.7. The fourth-order valence-electron chi connectivity index (χ4n) is 2.69. The van der Waals surface area contributed by atoms with Gasteiger partial charge in [0, 0.05) is 12.0 Å². The molecule has 0 N–H and O–H groups in total. The zero-order chi connectivity index (χ0) is 18.7. The molecule has 0 saturated heterocycles. The van der Waals surface area contributed by atoms with E-state index in [1.54, 1.807) is 43.5 Å². The van der Waals surface area contributed by atoms with Crippen LogP contribution in [0.3, 0.4) is 0 Å². The van der Waals surface area contributed by atoms with E-state index in [1.807, 2.05) is 19.9 Å². The molecule has 0 fully saturated rings. The molecule has 134 valence electrons. The third-order valence-electron chi connectivity index (χ3n) is 4.03. The molecule has 5 nitrogen and oxygen atoms in total. The van der Waals surface area contributed by atoms with Crippen molar-refractivity contribution in [2.75, 3.05) is 7.11 Å². The van der Waals surface area contributed by atoms with Crippen molar-refractivity contribution in [1.82, 2.24) is 0 Å². The summed E-state index contributed by atoms with van der Waals surface area (Å²) in [4.78, 5) is 25.0. The minimum atomic E-state index is -0.457. The van der Waals surface area contributed by atoms with E-state index < -0.39 is 5.97 Å². The van der Waals surface area contributed by atoms with E-state index in [-0.39, 0.29) is 23.4 Å². The predicted octanol–water partition coefficient (Wildman–Crippen LogP) is 4.48. The average Bonchev–Trinajstić information content (AvgIpc) is 2.64. The number of benzene rings is 2. The van der Waals surface area contributed by atoms with Gasteiger partial charge in [0.15, 0.2) is 5.76 Å². The van der Waals surface area contributed by atoms with E-state index in [4.69, 9.17) is 13.9 Å². The highest BCUT2D eigenvalue weighted by atomic mass is 16.5. The molecule has 5 heteroatoms. The highest BCUT2D eigenvalue weighted by Crippen LogP contribution is 2.32. The molecule has 0 amide bonds. The highest BCUT2D eigenvalue weighted by molar-refractivity contribution is 5.84. The van der Waals surface area contributed by atoms with Crippen LogP contribution < -0.4 is 14.9 Å². The quantitative estimate of drug-likeness (QED) is 0.633. The van der Waals surface area contributed by atoms with Crippen LogP contribution in [0.25, 0.3) is 22.3 Å². The first-order chi connectivity index (χ1) is 12.5. The van der Waals surface area contributed by atoms with E-state index in [9.17, 15) is 9.59 Å². The van der Waals surface area contributed by atoms with E-state index in [0.717, 1.165) is 5.56 Å². The summed E-state index contributed by atoms with van der Waals surface area (Å²) in [6.07, 6.45) is 0.863. The number of hydrogen-bond donors (Lipinski definition) is 0. The Balaban J connectivity index is 2.22. The molecule has 26 heavy (non-hydrogen) atoms. The predicted molar refractivity (Wildman–Crippen MR) is 99.8 cm³/mol. The number of carbonyl (C=O) groups excluding carboxylic acids is 1. The van der Waals surface area contributed by atoms with Crippen molar-refractivity contribution < 1.29 is 18.7 Å². The van der Waals surface area contributed by atoms with Gasteiger partial charge in [-0.05, 0) is 49.7 Å². The molecule has 0 spiro atoms. The van der Waals surface area contributed by atoms with Crippen LogP contribution in [0.5, 0.6) is 11.5 Å². The number of hydrogen-bond acceptors (Lipinski definition) is 5. The van der Waals surface area contributed by atoms with Gasteiger partial charge in [-0.2, -0.15) is 0 Å². The molecule has 0 aliphatic heterocycles.